The van der Waals surface area contributed by atoms with E-state index in [2.05, 4.69) is 5.32 Å². The van der Waals surface area contributed by atoms with Gasteiger partial charge >= 0.3 is 0 Å². The zero-order valence-corrected chi connectivity index (χ0v) is 11.6. The monoisotopic (exact) mass is 268 g/mol. The summed E-state index contributed by atoms with van der Waals surface area (Å²) in [6, 6.07) is 4.18. The van der Waals surface area contributed by atoms with Gasteiger partial charge in [-0.2, -0.15) is 5.26 Å². The van der Waals surface area contributed by atoms with Crippen LogP contribution in [-0.2, 0) is 6.54 Å². The number of halogens is 2. The summed E-state index contributed by atoms with van der Waals surface area (Å²) < 4.78 is 32.3. The molecule has 0 fully saturated rings. The molecule has 1 unspecified atom stereocenters. The molecule has 0 heterocycles. The molecule has 0 aliphatic heterocycles. The average molecular weight is 268 g/mol. The molecular weight excluding hydrogens is 250 g/mol. The van der Waals surface area contributed by atoms with Crippen molar-refractivity contribution in [3.8, 4) is 11.8 Å². The molecule has 3 nitrogen and oxygen atoms in total. The fourth-order valence-corrected chi connectivity index (χ4v) is 1.40. The van der Waals surface area contributed by atoms with Gasteiger partial charge in [0.05, 0.1) is 0 Å². The van der Waals surface area contributed by atoms with Crippen molar-refractivity contribution >= 4 is 0 Å². The summed E-state index contributed by atoms with van der Waals surface area (Å²) in [4.78, 5) is 0. The highest BCUT2D eigenvalue weighted by Gasteiger charge is 2.16. The number of nitrogens with one attached hydrogen (secondary N) is 1. The predicted molar refractivity (Wildman–Crippen MR) is 68.7 cm³/mol. The highest BCUT2D eigenvalue weighted by atomic mass is 19.1. The van der Waals surface area contributed by atoms with E-state index in [1.807, 2.05) is 20.8 Å². The number of hydrogen-bond acceptors (Lipinski definition) is 3. The third-order valence-corrected chi connectivity index (χ3v) is 2.36. The second-order valence-corrected chi connectivity index (χ2v) is 5.38. The van der Waals surface area contributed by atoms with E-state index >= 15 is 0 Å². The van der Waals surface area contributed by atoms with Crippen LogP contribution in [0.1, 0.15) is 33.3 Å². The van der Waals surface area contributed by atoms with Crippen LogP contribution in [0.4, 0.5) is 8.78 Å². The lowest BCUT2D eigenvalue weighted by atomic mass is 10.1. The fourth-order valence-electron chi connectivity index (χ4n) is 1.40. The van der Waals surface area contributed by atoms with E-state index in [0.717, 1.165) is 0 Å². The Labute approximate surface area is 112 Å². The molecule has 19 heavy (non-hydrogen) atoms. The minimum absolute atomic E-state index is 0.141. The minimum atomic E-state index is -0.900. The van der Waals surface area contributed by atoms with E-state index in [1.165, 1.54) is 19.1 Å². The molecule has 0 aliphatic rings. The van der Waals surface area contributed by atoms with E-state index in [0.29, 0.717) is 12.1 Å². The Bertz CT molecular complexity index is 466. The predicted octanol–water partition coefficient (Wildman–Crippen LogP) is 3.14. The first-order chi connectivity index (χ1) is 8.73. The van der Waals surface area contributed by atoms with Crippen LogP contribution in [0.2, 0.25) is 0 Å². The number of benzene rings is 1. The van der Waals surface area contributed by atoms with Crippen molar-refractivity contribution < 1.29 is 13.5 Å². The zero-order chi connectivity index (χ0) is 14.6. The van der Waals surface area contributed by atoms with Gasteiger partial charge in [0.2, 0.25) is 0 Å². The van der Waals surface area contributed by atoms with Crippen molar-refractivity contribution in [1.29, 1.82) is 5.26 Å². The Morgan fingerprint density at radius 3 is 2.26 bits per heavy atom. The smallest absolute Gasteiger partial charge is 0.192 e. The topological polar surface area (TPSA) is 45.0 Å². The van der Waals surface area contributed by atoms with Gasteiger partial charge in [-0.3, -0.25) is 0 Å². The molecule has 0 saturated heterocycles. The van der Waals surface area contributed by atoms with Crippen LogP contribution in [0.15, 0.2) is 12.1 Å². The summed E-state index contributed by atoms with van der Waals surface area (Å²) in [6.07, 6.45) is -0.900. The van der Waals surface area contributed by atoms with Gasteiger partial charge in [-0.15, -0.1) is 0 Å². The Morgan fingerprint density at radius 2 is 1.84 bits per heavy atom. The van der Waals surface area contributed by atoms with Crippen molar-refractivity contribution in [1.82, 2.24) is 5.32 Å². The van der Waals surface area contributed by atoms with E-state index in [4.69, 9.17) is 10.00 Å². The molecule has 0 bridgehead atoms. The molecule has 0 spiro atoms. The van der Waals surface area contributed by atoms with Crippen LogP contribution in [0, 0.1) is 23.0 Å². The second kappa shape index (κ2) is 5.98. The molecule has 0 aromatic heterocycles. The Morgan fingerprint density at radius 1 is 1.32 bits per heavy atom. The van der Waals surface area contributed by atoms with Gasteiger partial charge in [-0.05, 0) is 45.4 Å². The number of nitriles is 1. The fraction of sp³-hybridized carbons (Fsp3) is 0.500. The van der Waals surface area contributed by atoms with Crippen LogP contribution < -0.4 is 10.1 Å². The van der Waals surface area contributed by atoms with Gasteiger partial charge < -0.3 is 10.1 Å². The van der Waals surface area contributed by atoms with Crippen LogP contribution in [0.25, 0.3) is 0 Å². The summed E-state index contributed by atoms with van der Waals surface area (Å²) >= 11 is 0. The third kappa shape index (κ3) is 4.84. The summed E-state index contributed by atoms with van der Waals surface area (Å²) in [5.41, 5.74) is 0.346. The van der Waals surface area contributed by atoms with E-state index in [9.17, 15) is 8.78 Å². The molecule has 0 radical (unpaired) electrons. The van der Waals surface area contributed by atoms with Crippen molar-refractivity contribution in [2.24, 2.45) is 0 Å². The highest BCUT2D eigenvalue weighted by molar-refractivity contribution is 5.32. The van der Waals surface area contributed by atoms with E-state index < -0.39 is 23.5 Å². The lowest BCUT2D eigenvalue weighted by Gasteiger charge is -2.21. The van der Waals surface area contributed by atoms with Crippen LogP contribution in [0.3, 0.4) is 0 Å². The van der Waals surface area contributed by atoms with Crippen molar-refractivity contribution in [2.45, 2.75) is 45.9 Å². The molecule has 5 heteroatoms. The first-order valence-corrected chi connectivity index (χ1v) is 6.02. The molecule has 1 atom stereocenters. The number of nitrogens with zero attached hydrogens (tertiary/aromatic N) is 1. The van der Waals surface area contributed by atoms with Gasteiger partial charge in [0.25, 0.3) is 0 Å². The number of hydrogen-bond donors (Lipinski definition) is 1. The van der Waals surface area contributed by atoms with Gasteiger partial charge in [-0.25, -0.2) is 8.78 Å². The highest BCUT2D eigenvalue weighted by Crippen LogP contribution is 2.24. The van der Waals surface area contributed by atoms with Crippen LogP contribution >= 0.6 is 0 Å². The maximum Gasteiger partial charge on any atom is 0.192 e. The summed E-state index contributed by atoms with van der Waals surface area (Å²) in [6.45, 7) is 7.67. The molecule has 104 valence electrons. The first-order valence-electron chi connectivity index (χ1n) is 6.02. The van der Waals surface area contributed by atoms with Gasteiger partial charge in [0.1, 0.15) is 6.07 Å². The maximum absolute atomic E-state index is 13.7. The Balaban J connectivity index is 2.88. The first kappa shape index (κ1) is 15.4. The lowest BCUT2D eigenvalue weighted by molar-refractivity contribution is 0.249. The second-order valence-electron chi connectivity index (χ2n) is 5.38. The van der Waals surface area contributed by atoms with Gasteiger partial charge in [0, 0.05) is 12.1 Å². The molecule has 0 aliphatic carbocycles. The number of ether oxygens (including phenoxy) is 1. The van der Waals surface area contributed by atoms with Gasteiger partial charge in [-0.1, -0.05) is 0 Å². The largest absolute Gasteiger partial charge is 0.470 e. The van der Waals surface area contributed by atoms with Crippen molar-refractivity contribution in [3.63, 3.8) is 0 Å². The molecule has 0 saturated carbocycles. The van der Waals surface area contributed by atoms with Crippen molar-refractivity contribution in [2.75, 3.05) is 0 Å². The summed E-state index contributed by atoms with van der Waals surface area (Å²) in [5, 5.41) is 11.7. The standard InChI is InChI=1S/C14H18F2N2O/c1-9(7-17)19-13-11(15)5-10(6-12(13)16)8-18-14(2,3)4/h5-6,9,18H,8H2,1-4H3. The SMILES string of the molecule is CC(C#N)Oc1c(F)cc(CNC(C)(C)C)cc1F. The molecule has 1 rings (SSSR count). The zero-order valence-electron chi connectivity index (χ0n) is 11.6. The Kier molecular flexibility index (Phi) is 4.84. The Hall–Kier alpha value is -1.67. The quantitative estimate of drug-likeness (QED) is 0.912. The minimum Gasteiger partial charge on any atom is -0.470 e. The summed E-state index contributed by atoms with van der Waals surface area (Å²) in [7, 11) is 0. The average Bonchev–Trinajstić information content (AvgIpc) is 2.30. The van der Waals surface area contributed by atoms with Gasteiger partial charge in [0.15, 0.2) is 23.5 Å². The molecular formula is C14H18F2N2O. The maximum atomic E-state index is 13.7. The summed E-state index contributed by atoms with van der Waals surface area (Å²) in [5.74, 6) is -2.10. The lowest BCUT2D eigenvalue weighted by Crippen LogP contribution is -2.35. The van der Waals surface area contributed by atoms with Crippen LogP contribution in [-0.4, -0.2) is 11.6 Å². The molecule has 1 aromatic rings. The molecule has 1 aromatic carbocycles. The normalized spacial score (nSPS) is 12.9. The number of rotatable bonds is 4. The molecule has 1 N–H and O–H groups in total. The van der Waals surface area contributed by atoms with E-state index in [1.54, 1.807) is 6.07 Å². The van der Waals surface area contributed by atoms with Crippen molar-refractivity contribution in [3.05, 3.63) is 29.3 Å². The van der Waals surface area contributed by atoms with E-state index in [-0.39, 0.29) is 5.54 Å². The molecule has 0 amide bonds. The third-order valence-electron chi connectivity index (χ3n) is 2.36. The van der Waals surface area contributed by atoms with Crippen LogP contribution in [0.5, 0.6) is 5.75 Å².